The number of methoxy groups -OCH3 is 1. The van der Waals surface area contributed by atoms with Gasteiger partial charge < -0.3 is 19.5 Å². The van der Waals surface area contributed by atoms with E-state index >= 15 is 0 Å². The molecular formula is C22H23F4N7O. The van der Waals surface area contributed by atoms with Gasteiger partial charge in [0.25, 0.3) is 6.43 Å². The number of hydrogen-bond acceptors (Lipinski definition) is 6. The normalized spacial score (nSPS) is 19.4. The number of nitrogens with one attached hydrogen (secondary N) is 1. The molecule has 180 valence electrons. The largest absolute Gasteiger partial charge is 0.479 e. The van der Waals surface area contributed by atoms with Crippen LogP contribution >= 0.6 is 0 Å². The van der Waals surface area contributed by atoms with Crippen LogP contribution in [0.25, 0.3) is 27.7 Å². The molecule has 1 saturated heterocycles. The zero-order valence-corrected chi connectivity index (χ0v) is 18.6. The number of halogens is 4. The van der Waals surface area contributed by atoms with Crippen molar-refractivity contribution in [1.82, 2.24) is 29.0 Å². The smallest absolute Gasteiger partial charge is 0.256 e. The zero-order valence-electron chi connectivity index (χ0n) is 18.6. The maximum Gasteiger partial charge on any atom is 0.256 e. The van der Waals surface area contributed by atoms with Crippen LogP contribution in [0.15, 0.2) is 30.7 Å². The number of aromatic nitrogens is 5. The van der Waals surface area contributed by atoms with E-state index in [1.807, 2.05) is 11.9 Å². The molecule has 1 fully saturated rings. The number of imidazole rings is 1. The third-order valence-electron chi connectivity index (χ3n) is 6.06. The van der Waals surface area contributed by atoms with Crippen LogP contribution in [0.1, 0.15) is 6.42 Å². The molecule has 0 saturated carbocycles. The van der Waals surface area contributed by atoms with E-state index in [4.69, 9.17) is 4.74 Å². The highest BCUT2D eigenvalue weighted by molar-refractivity contribution is 5.90. The lowest BCUT2D eigenvalue weighted by Crippen LogP contribution is -2.46. The van der Waals surface area contributed by atoms with Gasteiger partial charge in [0.1, 0.15) is 17.2 Å². The average molecular weight is 477 g/mol. The summed E-state index contributed by atoms with van der Waals surface area (Å²) >= 11 is 0. The Morgan fingerprint density at radius 3 is 2.85 bits per heavy atom. The van der Waals surface area contributed by atoms with Crippen LogP contribution in [0, 0.1) is 5.82 Å². The molecule has 12 heteroatoms. The van der Waals surface area contributed by atoms with Gasteiger partial charge in [-0.2, -0.15) is 4.98 Å². The molecular weight excluding hydrogens is 454 g/mol. The highest BCUT2D eigenvalue weighted by Crippen LogP contribution is 2.34. The molecule has 0 radical (unpaired) electrons. The number of alkyl halides is 3. The Balaban J connectivity index is 1.54. The number of nitrogens with zero attached hydrogens (tertiary/aromatic N) is 6. The van der Waals surface area contributed by atoms with E-state index in [-0.39, 0.29) is 22.9 Å². The van der Waals surface area contributed by atoms with Crippen molar-refractivity contribution in [3.05, 3.63) is 36.5 Å². The van der Waals surface area contributed by atoms with Gasteiger partial charge in [-0.15, -0.1) is 5.10 Å². The van der Waals surface area contributed by atoms with Crippen LogP contribution in [-0.4, -0.2) is 74.9 Å². The fourth-order valence-electron chi connectivity index (χ4n) is 4.38. The number of likely N-dealkylation sites (tertiary alicyclic amines) is 1. The molecule has 2 atom stereocenters. The summed E-state index contributed by atoms with van der Waals surface area (Å²) in [5.41, 5.74) is 1.72. The fraction of sp³-hybridized carbons (Fsp3) is 0.409. The molecule has 0 unspecified atom stereocenters. The maximum absolute atomic E-state index is 14.8. The van der Waals surface area contributed by atoms with Crippen molar-refractivity contribution in [2.24, 2.45) is 0 Å². The highest BCUT2D eigenvalue weighted by Gasteiger charge is 2.28. The number of hydrogen-bond donors (Lipinski definition) is 1. The first-order valence-corrected chi connectivity index (χ1v) is 10.8. The Labute approximate surface area is 192 Å². The number of rotatable bonds is 6. The minimum absolute atomic E-state index is 0.0153. The van der Waals surface area contributed by atoms with Crippen molar-refractivity contribution in [1.29, 1.82) is 0 Å². The second kappa shape index (κ2) is 8.75. The van der Waals surface area contributed by atoms with Crippen molar-refractivity contribution in [2.45, 2.75) is 31.6 Å². The molecule has 5 rings (SSSR count). The number of ether oxygens (including phenoxy) is 1. The lowest BCUT2D eigenvalue weighted by Gasteiger charge is -2.32. The van der Waals surface area contributed by atoms with Gasteiger partial charge in [-0.05, 0) is 37.2 Å². The van der Waals surface area contributed by atoms with Crippen LogP contribution in [0.2, 0.25) is 0 Å². The van der Waals surface area contributed by atoms with E-state index < -0.39 is 31.0 Å². The van der Waals surface area contributed by atoms with Gasteiger partial charge >= 0.3 is 0 Å². The van der Waals surface area contributed by atoms with Crippen LogP contribution in [-0.2, 0) is 6.54 Å². The van der Waals surface area contributed by atoms with Gasteiger partial charge in [-0.25, -0.2) is 27.1 Å². The van der Waals surface area contributed by atoms with Crippen LogP contribution < -0.4 is 10.1 Å². The summed E-state index contributed by atoms with van der Waals surface area (Å²) in [6, 6.07) is 4.16. The minimum Gasteiger partial charge on any atom is -0.479 e. The molecule has 0 spiro atoms. The molecule has 4 aromatic rings. The van der Waals surface area contributed by atoms with Gasteiger partial charge in [0, 0.05) is 24.8 Å². The van der Waals surface area contributed by atoms with E-state index in [9.17, 15) is 17.6 Å². The molecule has 1 aliphatic heterocycles. The zero-order chi connectivity index (χ0) is 24.0. The first-order chi connectivity index (χ1) is 16.3. The molecule has 1 aromatic carbocycles. The fourth-order valence-corrected chi connectivity index (χ4v) is 4.38. The molecule has 4 heterocycles. The van der Waals surface area contributed by atoms with Crippen molar-refractivity contribution >= 4 is 22.5 Å². The monoisotopic (exact) mass is 477 g/mol. The van der Waals surface area contributed by atoms with Crippen LogP contribution in [0.5, 0.6) is 5.88 Å². The SMILES string of the molecule is COc1nc(N[C@H]2CCN(C)C[C@H]2F)nn2ccc(-c3cc(F)c4ncn(CC(F)F)c4c3)c12. The third-order valence-corrected chi connectivity index (χ3v) is 6.06. The van der Waals surface area contributed by atoms with Gasteiger partial charge in [0.05, 0.1) is 31.5 Å². The molecule has 0 aliphatic carbocycles. The predicted octanol–water partition coefficient (Wildman–Crippen LogP) is 3.61. The summed E-state index contributed by atoms with van der Waals surface area (Å²) in [5, 5.41) is 7.49. The lowest BCUT2D eigenvalue weighted by molar-refractivity contribution is 0.128. The summed E-state index contributed by atoms with van der Waals surface area (Å²) in [7, 11) is 3.31. The Kier molecular flexibility index (Phi) is 5.76. The molecule has 1 aliphatic rings. The molecule has 8 nitrogen and oxygen atoms in total. The second-order valence-electron chi connectivity index (χ2n) is 8.40. The topological polar surface area (TPSA) is 72.5 Å². The van der Waals surface area contributed by atoms with Gasteiger partial charge in [-0.3, -0.25) is 0 Å². The quantitative estimate of drug-likeness (QED) is 0.428. The first kappa shape index (κ1) is 22.4. The molecule has 3 aromatic heterocycles. The van der Waals surface area contributed by atoms with E-state index in [0.29, 0.717) is 29.6 Å². The Morgan fingerprint density at radius 1 is 1.29 bits per heavy atom. The molecule has 0 amide bonds. The average Bonchev–Trinajstić information content (AvgIpc) is 3.39. The third kappa shape index (κ3) is 4.02. The predicted molar refractivity (Wildman–Crippen MR) is 119 cm³/mol. The van der Waals surface area contributed by atoms with E-state index in [0.717, 1.165) is 6.54 Å². The van der Waals surface area contributed by atoms with Gasteiger partial charge in [0.15, 0.2) is 5.82 Å². The summed E-state index contributed by atoms with van der Waals surface area (Å²) in [6.45, 7) is 0.478. The standard InChI is InChI=1S/C22H23F4N7O/c1-31-5-4-16(15(24)9-31)28-22-29-21(34-2)20-13(3-6-33(20)30-22)12-7-14(23)19-17(8-12)32(11-27-19)10-18(25)26/h3,6-8,11,15-16,18H,4-5,9-10H2,1-2H3,(H,28,30)/t15-,16+/m1/s1. The summed E-state index contributed by atoms with van der Waals surface area (Å²) in [4.78, 5) is 10.3. The van der Waals surface area contributed by atoms with E-state index in [1.165, 1.54) is 28.6 Å². The highest BCUT2D eigenvalue weighted by atomic mass is 19.3. The van der Waals surface area contributed by atoms with Gasteiger partial charge in [0.2, 0.25) is 11.8 Å². The van der Waals surface area contributed by atoms with Crippen LogP contribution in [0.4, 0.5) is 23.5 Å². The summed E-state index contributed by atoms with van der Waals surface area (Å²) in [5.74, 6) is -0.211. The Hall–Kier alpha value is -3.41. The van der Waals surface area contributed by atoms with Crippen molar-refractivity contribution in [3.8, 4) is 17.0 Å². The van der Waals surface area contributed by atoms with Crippen LogP contribution in [0.3, 0.4) is 0 Å². The van der Waals surface area contributed by atoms with Gasteiger partial charge in [-0.1, -0.05) is 0 Å². The van der Waals surface area contributed by atoms with E-state index in [2.05, 4.69) is 20.4 Å². The van der Waals surface area contributed by atoms with E-state index in [1.54, 1.807) is 18.3 Å². The Morgan fingerprint density at radius 2 is 2.12 bits per heavy atom. The Bertz CT molecular complexity index is 1340. The molecule has 1 N–H and O–H groups in total. The maximum atomic E-state index is 14.8. The summed E-state index contributed by atoms with van der Waals surface area (Å²) in [6.07, 6.45) is -0.224. The molecule has 0 bridgehead atoms. The number of piperidine rings is 1. The number of anilines is 1. The second-order valence-corrected chi connectivity index (χ2v) is 8.40. The summed E-state index contributed by atoms with van der Waals surface area (Å²) < 4.78 is 63.4. The van der Waals surface area contributed by atoms with Crippen molar-refractivity contribution in [3.63, 3.8) is 0 Å². The number of fused-ring (bicyclic) bond motifs is 2. The first-order valence-electron chi connectivity index (χ1n) is 10.8. The number of benzene rings is 1. The van der Waals surface area contributed by atoms with Crippen molar-refractivity contribution < 1.29 is 22.3 Å². The minimum atomic E-state index is -2.60. The molecule has 34 heavy (non-hydrogen) atoms. The lowest BCUT2D eigenvalue weighted by atomic mass is 10.0. The van der Waals surface area contributed by atoms with Crippen molar-refractivity contribution in [2.75, 3.05) is 32.6 Å².